The molecule has 0 aromatic carbocycles. The smallest absolute Gasteiger partial charge is 0.422 e. The fourth-order valence-corrected chi connectivity index (χ4v) is 1.95. The lowest BCUT2D eigenvalue weighted by Gasteiger charge is -2.28. The van der Waals surface area contributed by atoms with Crippen LogP contribution in [0.25, 0.3) is 0 Å². The molecule has 3 N–H and O–H groups in total. The molecule has 17 heavy (non-hydrogen) atoms. The molecule has 0 bridgehead atoms. The second-order valence-electron chi connectivity index (χ2n) is 5.67. The van der Waals surface area contributed by atoms with Crippen LogP contribution >= 0.6 is 0 Å². The van der Waals surface area contributed by atoms with Crippen molar-refractivity contribution < 1.29 is 14.6 Å². The van der Waals surface area contributed by atoms with Gasteiger partial charge in [0.15, 0.2) is 0 Å². The number of rotatable bonds is 3. The summed E-state index contributed by atoms with van der Waals surface area (Å²) in [6, 6.07) is 0.283. The number of aliphatic hydroxyl groups excluding tert-OH is 1. The van der Waals surface area contributed by atoms with Crippen LogP contribution in [0, 0.1) is 5.92 Å². The lowest BCUT2D eigenvalue weighted by molar-refractivity contribution is 0.0476. The van der Waals surface area contributed by atoms with Crippen LogP contribution < -0.4 is 10.9 Å². The van der Waals surface area contributed by atoms with Gasteiger partial charge in [-0.3, -0.25) is 5.43 Å². The zero-order chi connectivity index (χ0) is 12.9. The Bertz CT molecular complexity index is 243. The predicted octanol–water partition coefficient (Wildman–Crippen LogP) is 1.57. The third kappa shape index (κ3) is 5.89. The molecule has 1 aliphatic carbocycles. The first-order valence-electron chi connectivity index (χ1n) is 6.26. The van der Waals surface area contributed by atoms with Gasteiger partial charge in [-0.2, -0.15) is 0 Å². The average Bonchev–Trinajstić information content (AvgIpc) is 2.25. The summed E-state index contributed by atoms with van der Waals surface area (Å²) in [6.07, 6.45) is 3.51. The van der Waals surface area contributed by atoms with E-state index >= 15 is 0 Å². The molecular weight excluding hydrogens is 220 g/mol. The standard InChI is InChI=1S/C12H24N2O3/c1-12(2,3)17-11(16)14-13-10-6-4-9(8-15)5-7-10/h9-10,13,15H,4-8H2,1-3H3,(H,14,16)/t9-,10-. The summed E-state index contributed by atoms with van der Waals surface area (Å²) in [4.78, 5) is 11.4. The van der Waals surface area contributed by atoms with Crippen molar-refractivity contribution in [2.75, 3.05) is 6.61 Å². The fraction of sp³-hybridized carbons (Fsp3) is 0.917. The Kier molecular flexibility index (Phi) is 5.21. The molecule has 1 fully saturated rings. The minimum Gasteiger partial charge on any atom is -0.443 e. The maximum absolute atomic E-state index is 11.4. The predicted molar refractivity (Wildman–Crippen MR) is 65.3 cm³/mol. The number of nitrogens with one attached hydrogen (secondary N) is 2. The van der Waals surface area contributed by atoms with E-state index in [1.54, 1.807) is 0 Å². The monoisotopic (exact) mass is 244 g/mol. The third-order valence-corrected chi connectivity index (χ3v) is 2.88. The van der Waals surface area contributed by atoms with E-state index in [1.807, 2.05) is 20.8 Å². The molecule has 1 saturated carbocycles. The maximum Gasteiger partial charge on any atom is 0.422 e. The van der Waals surface area contributed by atoms with E-state index in [0.29, 0.717) is 5.92 Å². The van der Waals surface area contributed by atoms with Crippen LogP contribution in [-0.2, 0) is 4.74 Å². The average molecular weight is 244 g/mol. The van der Waals surface area contributed by atoms with E-state index < -0.39 is 11.7 Å². The second-order valence-corrected chi connectivity index (χ2v) is 5.67. The molecule has 0 unspecified atom stereocenters. The van der Waals surface area contributed by atoms with Crippen molar-refractivity contribution in [2.24, 2.45) is 5.92 Å². The molecule has 0 saturated heterocycles. The molecule has 1 aliphatic rings. The quantitative estimate of drug-likeness (QED) is 0.659. The summed E-state index contributed by atoms with van der Waals surface area (Å²) in [5, 5.41) is 9.01. The molecular formula is C12H24N2O3. The molecule has 0 aliphatic heterocycles. The highest BCUT2D eigenvalue weighted by atomic mass is 16.6. The van der Waals surface area contributed by atoms with E-state index in [9.17, 15) is 4.79 Å². The van der Waals surface area contributed by atoms with E-state index in [-0.39, 0.29) is 12.6 Å². The number of carbonyl (C=O) groups excluding carboxylic acids is 1. The number of hydrogen-bond acceptors (Lipinski definition) is 4. The molecule has 0 atom stereocenters. The Morgan fingerprint density at radius 1 is 1.29 bits per heavy atom. The molecule has 0 spiro atoms. The van der Waals surface area contributed by atoms with Crippen LogP contribution in [0.5, 0.6) is 0 Å². The Morgan fingerprint density at radius 2 is 1.88 bits per heavy atom. The van der Waals surface area contributed by atoms with Gasteiger partial charge in [0.1, 0.15) is 5.60 Å². The molecule has 100 valence electrons. The second kappa shape index (κ2) is 6.21. The van der Waals surface area contributed by atoms with Crippen LogP contribution in [0.4, 0.5) is 4.79 Å². The first kappa shape index (κ1) is 14.3. The zero-order valence-electron chi connectivity index (χ0n) is 11.0. The van der Waals surface area contributed by atoms with Gasteiger partial charge in [0.25, 0.3) is 0 Å². The third-order valence-electron chi connectivity index (χ3n) is 2.88. The largest absolute Gasteiger partial charge is 0.443 e. The molecule has 1 rings (SSSR count). The first-order valence-corrected chi connectivity index (χ1v) is 6.26. The van der Waals surface area contributed by atoms with Gasteiger partial charge in [-0.05, 0) is 52.4 Å². The van der Waals surface area contributed by atoms with Gasteiger partial charge in [-0.1, -0.05) is 0 Å². The van der Waals surface area contributed by atoms with Crippen LogP contribution in [0.1, 0.15) is 46.5 Å². The molecule has 1 amide bonds. The topological polar surface area (TPSA) is 70.6 Å². The Hall–Kier alpha value is -0.810. The molecule has 5 nitrogen and oxygen atoms in total. The minimum absolute atomic E-state index is 0.270. The van der Waals surface area contributed by atoms with Crippen molar-refractivity contribution in [1.29, 1.82) is 0 Å². The Morgan fingerprint density at radius 3 is 2.35 bits per heavy atom. The molecule has 0 aromatic heterocycles. The maximum atomic E-state index is 11.4. The SMILES string of the molecule is CC(C)(C)OC(=O)NN[C@H]1CC[C@H](CO)CC1. The van der Waals surface area contributed by atoms with Crippen molar-refractivity contribution in [3.05, 3.63) is 0 Å². The fourth-order valence-electron chi connectivity index (χ4n) is 1.95. The Labute approximate surface area is 103 Å². The van der Waals surface area contributed by atoms with E-state index in [1.165, 1.54) is 0 Å². The van der Waals surface area contributed by atoms with Gasteiger partial charge in [0, 0.05) is 12.6 Å². The summed E-state index contributed by atoms with van der Waals surface area (Å²) >= 11 is 0. The molecule has 0 aromatic rings. The van der Waals surface area contributed by atoms with Gasteiger partial charge < -0.3 is 9.84 Å². The van der Waals surface area contributed by atoms with Crippen molar-refractivity contribution >= 4 is 6.09 Å². The number of hydrogen-bond donors (Lipinski definition) is 3. The lowest BCUT2D eigenvalue weighted by Crippen LogP contribution is -2.47. The number of carbonyl (C=O) groups is 1. The van der Waals surface area contributed by atoms with Gasteiger partial charge in [0.2, 0.25) is 0 Å². The van der Waals surface area contributed by atoms with Crippen molar-refractivity contribution in [1.82, 2.24) is 10.9 Å². The van der Waals surface area contributed by atoms with Gasteiger partial charge in [-0.25, -0.2) is 10.2 Å². The van der Waals surface area contributed by atoms with Crippen LogP contribution in [0.3, 0.4) is 0 Å². The first-order chi connectivity index (χ1) is 7.90. The number of amides is 1. The Balaban J connectivity index is 2.17. The summed E-state index contributed by atoms with van der Waals surface area (Å²) < 4.78 is 5.12. The molecule has 5 heteroatoms. The van der Waals surface area contributed by atoms with Crippen molar-refractivity contribution in [3.8, 4) is 0 Å². The molecule has 0 heterocycles. The van der Waals surface area contributed by atoms with Crippen LogP contribution in [-0.4, -0.2) is 29.4 Å². The van der Waals surface area contributed by atoms with E-state index in [0.717, 1.165) is 25.7 Å². The summed E-state index contributed by atoms with van der Waals surface area (Å²) in [5.41, 5.74) is 5.08. The summed E-state index contributed by atoms with van der Waals surface area (Å²) in [6.45, 7) is 5.77. The minimum atomic E-state index is -0.472. The van der Waals surface area contributed by atoms with Gasteiger partial charge in [-0.15, -0.1) is 0 Å². The van der Waals surface area contributed by atoms with E-state index in [2.05, 4.69) is 10.9 Å². The van der Waals surface area contributed by atoms with Gasteiger partial charge >= 0.3 is 6.09 Å². The van der Waals surface area contributed by atoms with Crippen molar-refractivity contribution in [3.63, 3.8) is 0 Å². The number of aliphatic hydroxyl groups is 1. The number of ether oxygens (including phenoxy) is 1. The summed E-state index contributed by atoms with van der Waals surface area (Å²) in [5.74, 6) is 0.426. The zero-order valence-corrected chi connectivity index (χ0v) is 11.0. The van der Waals surface area contributed by atoms with Crippen LogP contribution in [0.15, 0.2) is 0 Å². The summed E-state index contributed by atoms with van der Waals surface area (Å²) in [7, 11) is 0. The number of hydrazine groups is 1. The molecule has 0 radical (unpaired) electrons. The highest BCUT2D eigenvalue weighted by Crippen LogP contribution is 2.23. The van der Waals surface area contributed by atoms with Crippen LogP contribution in [0.2, 0.25) is 0 Å². The van der Waals surface area contributed by atoms with Gasteiger partial charge in [0.05, 0.1) is 0 Å². The van der Waals surface area contributed by atoms with Crippen molar-refractivity contribution in [2.45, 2.75) is 58.1 Å². The lowest BCUT2D eigenvalue weighted by atomic mass is 9.87. The highest BCUT2D eigenvalue weighted by Gasteiger charge is 2.21. The van der Waals surface area contributed by atoms with E-state index in [4.69, 9.17) is 9.84 Å². The normalized spacial score (nSPS) is 25.4. The highest BCUT2D eigenvalue weighted by molar-refractivity contribution is 5.67.